The summed E-state index contributed by atoms with van der Waals surface area (Å²) < 4.78 is 4.29. The lowest BCUT2D eigenvalue weighted by Gasteiger charge is -2.15. The first-order valence-corrected chi connectivity index (χ1v) is 5.99. The Kier molecular flexibility index (Phi) is 3.22. The van der Waals surface area contributed by atoms with Crippen molar-refractivity contribution in [1.29, 1.82) is 0 Å². The molecule has 0 aliphatic heterocycles. The smallest absolute Gasteiger partial charge is 0.0951 e. The van der Waals surface area contributed by atoms with Gasteiger partial charge in [-0.15, -0.1) is 0 Å². The molecule has 0 radical (unpaired) electrons. The highest BCUT2D eigenvalue weighted by atomic mass is 15.4. The molecule has 0 spiro atoms. The topological polar surface area (TPSA) is 34.8 Å². The monoisotopic (exact) mass is 232 g/mol. The Hall–Kier alpha value is -1.71. The van der Waals surface area contributed by atoms with Crippen LogP contribution in [0.25, 0.3) is 0 Å². The molecular weight excluding hydrogens is 212 g/mol. The highest BCUT2D eigenvalue weighted by Crippen LogP contribution is 2.10. The minimum absolute atomic E-state index is 0.446. The largest absolute Gasteiger partial charge is 0.330 e. The summed E-state index contributed by atoms with van der Waals surface area (Å²) in [6, 6.07) is 4.67. The fraction of sp³-hybridized carbons (Fsp3) is 0.462. The molecule has 0 aliphatic carbocycles. The molecule has 0 aromatic carbocycles. The molecule has 17 heavy (non-hydrogen) atoms. The Morgan fingerprint density at radius 3 is 2.47 bits per heavy atom. The van der Waals surface area contributed by atoms with Gasteiger partial charge < -0.3 is 9.99 Å². The van der Waals surface area contributed by atoms with E-state index in [1.165, 1.54) is 17.1 Å². The molecule has 0 fully saturated rings. The lowest BCUT2D eigenvalue weighted by Crippen LogP contribution is -2.19. The van der Waals surface area contributed by atoms with Gasteiger partial charge in [-0.25, -0.2) is 4.98 Å². The fourth-order valence-corrected chi connectivity index (χ4v) is 2.01. The van der Waals surface area contributed by atoms with Crippen molar-refractivity contribution in [3.05, 3.63) is 41.7 Å². The van der Waals surface area contributed by atoms with E-state index in [4.69, 9.17) is 0 Å². The third-order valence-electron chi connectivity index (χ3n) is 2.99. The van der Waals surface area contributed by atoms with Gasteiger partial charge in [-0.05, 0) is 39.8 Å². The number of aryl methyl sites for hydroxylation is 2. The maximum absolute atomic E-state index is 4.20. The van der Waals surface area contributed by atoms with Crippen molar-refractivity contribution in [3.8, 4) is 0 Å². The molecule has 4 nitrogen and oxygen atoms in total. The van der Waals surface area contributed by atoms with Crippen LogP contribution in [-0.2, 0) is 6.54 Å². The Labute approximate surface area is 102 Å². The number of imidazole rings is 1. The Morgan fingerprint density at radius 1 is 1.24 bits per heavy atom. The molecule has 0 atom stereocenters. The minimum atomic E-state index is 0.446. The van der Waals surface area contributed by atoms with E-state index < -0.39 is 0 Å². The molecule has 92 valence electrons. The molecule has 0 saturated heterocycles. The van der Waals surface area contributed by atoms with Gasteiger partial charge in [0.15, 0.2) is 0 Å². The standard InChI is InChI=1S/C13H20N4/c1-10(2)16-9-14-7-13(16)8-15-17-11(3)5-6-12(17)4/h5-7,9-10,15H,8H2,1-4H3. The van der Waals surface area contributed by atoms with Gasteiger partial charge in [-0.2, -0.15) is 0 Å². The van der Waals surface area contributed by atoms with Crippen molar-refractivity contribution in [3.63, 3.8) is 0 Å². The zero-order valence-electron chi connectivity index (χ0n) is 10.9. The van der Waals surface area contributed by atoms with E-state index in [0.29, 0.717) is 6.04 Å². The van der Waals surface area contributed by atoms with E-state index in [0.717, 1.165) is 6.54 Å². The van der Waals surface area contributed by atoms with E-state index in [1.807, 2.05) is 12.5 Å². The van der Waals surface area contributed by atoms with Crippen LogP contribution in [0.15, 0.2) is 24.7 Å². The van der Waals surface area contributed by atoms with Crippen molar-refractivity contribution in [2.45, 2.75) is 40.3 Å². The summed E-state index contributed by atoms with van der Waals surface area (Å²) in [6.45, 7) is 9.31. The van der Waals surface area contributed by atoms with Crippen LogP contribution in [0.2, 0.25) is 0 Å². The van der Waals surface area contributed by atoms with Crippen LogP contribution in [-0.4, -0.2) is 14.2 Å². The maximum atomic E-state index is 4.20. The molecule has 1 N–H and O–H groups in total. The van der Waals surface area contributed by atoms with Crippen LogP contribution in [0.5, 0.6) is 0 Å². The van der Waals surface area contributed by atoms with Crippen LogP contribution in [0.1, 0.15) is 37.0 Å². The highest BCUT2D eigenvalue weighted by molar-refractivity contribution is 5.16. The van der Waals surface area contributed by atoms with Crippen LogP contribution in [0, 0.1) is 13.8 Å². The van der Waals surface area contributed by atoms with Crippen molar-refractivity contribution < 1.29 is 0 Å². The van der Waals surface area contributed by atoms with Crippen molar-refractivity contribution in [1.82, 2.24) is 14.2 Å². The predicted molar refractivity (Wildman–Crippen MR) is 69.6 cm³/mol. The summed E-state index contributed by atoms with van der Waals surface area (Å²) in [5, 5.41) is 0. The average molecular weight is 232 g/mol. The minimum Gasteiger partial charge on any atom is -0.330 e. The molecule has 0 saturated carbocycles. The summed E-state index contributed by atoms with van der Waals surface area (Å²) >= 11 is 0. The summed E-state index contributed by atoms with van der Waals surface area (Å²) in [5.41, 5.74) is 7.06. The first-order valence-electron chi connectivity index (χ1n) is 5.99. The number of rotatable bonds is 4. The highest BCUT2D eigenvalue weighted by Gasteiger charge is 2.06. The molecule has 0 bridgehead atoms. The zero-order valence-corrected chi connectivity index (χ0v) is 10.9. The van der Waals surface area contributed by atoms with Crippen LogP contribution in [0.3, 0.4) is 0 Å². The van der Waals surface area contributed by atoms with E-state index in [2.05, 4.69) is 59.5 Å². The molecule has 0 unspecified atom stereocenters. The Bertz CT molecular complexity index is 474. The van der Waals surface area contributed by atoms with E-state index in [9.17, 15) is 0 Å². The van der Waals surface area contributed by atoms with Gasteiger partial charge in [0, 0.05) is 23.6 Å². The number of nitrogens with one attached hydrogen (secondary N) is 1. The zero-order chi connectivity index (χ0) is 12.4. The Morgan fingerprint density at radius 2 is 1.88 bits per heavy atom. The summed E-state index contributed by atoms with van der Waals surface area (Å²) in [6.07, 6.45) is 3.80. The van der Waals surface area contributed by atoms with Crippen molar-refractivity contribution in [2.75, 3.05) is 5.43 Å². The summed E-state index contributed by atoms with van der Waals surface area (Å²) in [7, 11) is 0. The second kappa shape index (κ2) is 4.65. The SMILES string of the molecule is Cc1ccc(C)n1NCc1cncn1C(C)C. The van der Waals surface area contributed by atoms with Gasteiger partial charge in [-0.1, -0.05) is 0 Å². The predicted octanol–water partition coefficient (Wildman–Crippen LogP) is 2.63. The summed E-state index contributed by atoms with van der Waals surface area (Å²) in [5.74, 6) is 0. The van der Waals surface area contributed by atoms with Crippen LogP contribution < -0.4 is 5.43 Å². The van der Waals surface area contributed by atoms with Gasteiger partial charge in [0.2, 0.25) is 0 Å². The number of aromatic nitrogens is 3. The lowest BCUT2D eigenvalue weighted by molar-refractivity contribution is 0.571. The number of nitrogens with zero attached hydrogens (tertiary/aromatic N) is 3. The molecule has 2 heterocycles. The van der Waals surface area contributed by atoms with Crippen molar-refractivity contribution in [2.24, 2.45) is 0 Å². The van der Waals surface area contributed by atoms with E-state index in [1.54, 1.807) is 0 Å². The summed E-state index contributed by atoms with van der Waals surface area (Å²) in [4.78, 5) is 4.20. The molecular formula is C13H20N4. The van der Waals surface area contributed by atoms with E-state index in [-0.39, 0.29) is 0 Å². The molecule has 0 amide bonds. The number of hydrogen-bond acceptors (Lipinski definition) is 2. The average Bonchev–Trinajstić information content (AvgIpc) is 2.85. The Balaban J connectivity index is 2.10. The maximum Gasteiger partial charge on any atom is 0.0951 e. The normalized spacial score (nSPS) is 11.1. The molecule has 4 heteroatoms. The second-order valence-corrected chi connectivity index (χ2v) is 4.67. The van der Waals surface area contributed by atoms with Gasteiger partial charge >= 0.3 is 0 Å². The van der Waals surface area contributed by atoms with Gasteiger partial charge in [0.1, 0.15) is 0 Å². The van der Waals surface area contributed by atoms with Crippen LogP contribution >= 0.6 is 0 Å². The quantitative estimate of drug-likeness (QED) is 0.879. The third kappa shape index (κ3) is 2.35. The van der Waals surface area contributed by atoms with Gasteiger partial charge in [0.05, 0.1) is 18.6 Å². The third-order valence-corrected chi connectivity index (χ3v) is 2.99. The fourth-order valence-electron chi connectivity index (χ4n) is 2.01. The molecule has 2 rings (SSSR count). The first-order chi connectivity index (χ1) is 8.09. The van der Waals surface area contributed by atoms with Crippen molar-refractivity contribution >= 4 is 0 Å². The van der Waals surface area contributed by atoms with Gasteiger partial charge in [-0.3, -0.25) is 4.68 Å². The van der Waals surface area contributed by atoms with Crippen LogP contribution in [0.4, 0.5) is 0 Å². The molecule has 2 aromatic rings. The van der Waals surface area contributed by atoms with Gasteiger partial charge in [0.25, 0.3) is 0 Å². The van der Waals surface area contributed by atoms with E-state index >= 15 is 0 Å². The molecule has 0 aliphatic rings. The lowest BCUT2D eigenvalue weighted by atomic mass is 10.3. The molecule has 2 aromatic heterocycles. The number of hydrogen-bond donors (Lipinski definition) is 1. The second-order valence-electron chi connectivity index (χ2n) is 4.67. The first kappa shape index (κ1) is 11.8.